The molecule has 1 aliphatic rings. The average molecular weight is 303 g/mol. The largest absolute Gasteiger partial charge is 0.469 e. The number of hydrogen-bond acceptors (Lipinski definition) is 3. The van der Waals surface area contributed by atoms with Gasteiger partial charge in [0.25, 0.3) is 0 Å². The van der Waals surface area contributed by atoms with Crippen molar-refractivity contribution in [3.8, 4) is 0 Å². The van der Waals surface area contributed by atoms with Crippen LogP contribution < -0.4 is 5.32 Å². The molecule has 2 aromatic heterocycles. The Morgan fingerprint density at radius 2 is 2.19 bits per heavy atom. The quantitative estimate of drug-likeness (QED) is 0.863. The molecule has 21 heavy (non-hydrogen) atoms. The number of aryl methyl sites for hydroxylation is 1. The van der Waals surface area contributed by atoms with Gasteiger partial charge in [-0.05, 0) is 42.3 Å². The second kappa shape index (κ2) is 6.94. The van der Waals surface area contributed by atoms with Gasteiger partial charge in [-0.2, -0.15) is 0 Å². The predicted molar refractivity (Wildman–Crippen MR) is 84.2 cm³/mol. The number of nitrogens with one attached hydrogen (secondary N) is 1. The lowest BCUT2D eigenvalue weighted by Gasteiger charge is -2.23. The summed E-state index contributed by atoms with van der Waals surface area (Å²) in [4.78, 5) is 13.5. The van der Waals surface area contributed by atoms with E-state index in [0.29, 0.717) is 18.8 Å². The molecule has 1 N–H and O–H groups in total. The van der Waals surface area contributed by atoms with Crippen molar-refractivity contribution in [3.05, 3.63) is 46.5 Å². The van der Waals surface area contributed by atoms with Crippen molar-refractivity contribution < 1.29 is 9.21 Å². The van der Waals surface area contributed by atoms with Crippen LogP contribution in [-0.4, -0.2) is 5.91 Å². The van der Waals surface area contributed by atoms with Gasteiger partial charge in [-0.25, -0.2) is 0 Å². The van der Waals surface area contributed by atoms with Gasteiger partial charge >= 0.3 is 0 Å². The molecule has 1 fully saturated rings. The lowest BCUT2D eigenvalue weighted by atomic mass is 9.96. The molecule has 1 aliphatic carbocycles. The molecule has 0 saturated heterocycles. The van der Waals surface area contributed by atoms with Gasteiger partial charge < -0.3 is 9.73 Å². The number of thiophene rings is 1. The van der Waals surface area contributed by atoms with Crippen molar-refractivity contribution in [1.29, 1.82) is 0 Å². The highest BCUT2D eigenvalue weighted by atomic mass is 32.1. The maximum Gasteiger partial charge on any atom is 0.220 e. The van der Waals surface area contributed by atoms with E-state index in [9.17, 15) is 4.79 Å². The molecule has 3 nitrogen and oxygen atoms in total. The summed E-state index contributed by atoms with van der Waals surface area (Å²) >= 11 is 1.74. The molecule has 0 spiro atoms. The highest BCUT2D eigenvalue weighted by Gasteiger charge is 2.28. The van der Waals surface area contributed by atoms with E-state index < -0.39 is 0 Å². The van der Waals surface area contributed by atoms with Crippen LogP contribution in [0.1, 0.15) is 48.8 Å². The van der Waals surface area contributed by atoms with Crippen LogP contribution in [0.15, 0.2) is 40.3 Å². The van der Waals surface area contributed by atoms with Gasteiger partial charge in [0.15, 0.2) is 0 Å². The summed E-state index contributed by atoms with van der Waals surface area (Å²) in [5.41, 5.74) is 0. The first-order valence-corrected chi connectivity index (χ1v) is 8.56. The van der Waals surface area contributed by atoms with Crippen LogP contribution in [0.2, 0.25) is 0 Å². The first-order chi connectivity index (χ1) is 10.3. The lowest BCUT2D eigenvalue weighted by molar-refractivity contribution is -0.122. The van der Waals surface area contributed by atoms with E-state index in [0.717, 1.165) is 5.76 Å². The van der Waals surface area contributed by atoms with Crippen molar-refractivity contribution in [2.45, 2.75) is 44.6 Å². The molecule has 0 radical (unpaired) electrons. The van der Waals surface area contributed by atoms with E-state index in [4.69, 9.17) is 4.42 Å². The van der Waals surface area contributed by atoms with Crippen LogP contribution in [0.25, 0.3) is 0 Å². The Kier molecular flexibility index (Phi) is 4.76. The molecular weight excluding hydrogens is 282 g/mol. The molecule has 0 bridgehead atoms. The highest BCUT2D eigenvalue weighted by molar-refractivity contribution is 7.10. The molecule has 4 heteroatoms. The molecule has 0 aromatic carbocycles. The molecule has 0 aliphatic heterocycles. The molecule has 0 unspecified atom stereocenters. The summed E-state index contributed by atoms with van der Waals surface area (Å²) in [6.45, 7) is 0. The Morgan fingerprint density at radius 3 is 2.86 bits per heavy atom. The highest BCUT2D eigenvalue weighted by Crippen LogP contribution is 2.37. The summed E-state index contributed by atoms with van der Waals surface area (Å²) in [6, 6.07) is 8.18. The molecule has 1 atom stereocenters. The smallest absolute Gasteiger partial charge is 0.220 e. The fourth-order valence-electron chi connectivity index (χ4n) is 3.12. The van der Waals surface area contributed by atoms with Gasteiger partial charge in [0.1, 0.15) is 5.76 Å². The molecule has 2 heterocycles. The van der Waals surface area contributed by atoms with Crippen LogP contribution >= 0.6 is 11.3 Å². The SMILES string of the molecule is O=C(CCc1ccco1)N[C@@H](c1cccs1)C1CCCC1. The molecule has 3 rings (SSSR count). The van der Waals surface area contributed by atoms with Gasteiger partial charge in [-0.3, -0.25) is 4.79 Å². The van der Waals surface area contributed by atoms with E-state index in [1.54, 1.807) is 17.6 Å². The maximum absolute atomic E-state index is 12.3. The minimum Gasteiger partial charge on any atom is -0.469 e. The van der Waals surface area contributed by atoms with Gasteiger partial charge in [-0.1, -0.05) is 18.9 Å². The third-order valence-corrected chi connectivity index (χ3v) is 5.17. The summed E-state index contributed by atoms with van der Waals surface area (Å²) < 4.78 is 5.28. The number of furan rings is 1. The summed E-state index contributed by atoms with van der Waals surface area (Å²) in [6.07, 6.45) is 7.83. The topological polar surface area (TPSA) is 42.2 Å². The zero-order chi connectivity index (χ0) is 14.5. The second-order valence-corrected chi connectivity index (χ2v) is 6.66. The van der Waals surface area contributed by atoms with Crippen molar-refractivity contribution in [3.63, 3.8) is 0 Å². The minimum absolute atomic E-state index is 0.122. The Bertz CT molecular complexity index is 541. The third kappa shape index (κ3) is 3.76. The fourth-order valence-corrected chi connectivity index (χ4v) is 3.99. The maximum atomic E-state index is 12.3. The van der Waals surface area contributed by atoms with Gasteiger partial charge in [-0.15, -0.1) is 11.3 Å². The standard InChI is InChI=1S/C17H21NO2S/c19-16(10-9-14-7-3-11-20-14)18-17(13-5-1-2-6-13)15-8-4-12-21-15/h3-4,7-8,11-13,17H,1-2,5-6,9-10H2,(H,18,19)/t17-/m1/s1. The van der Waals surface area contributed by atoms with Gasteiger partial charge in [0.2, 0.25) is 5.91 Å². The summed E-state index contributed by atoms with van der Waals surface area (Å²) in [5.74, 6) is 1.59. The minimum atomic E-state index is 0.122. The molecule has 112 valence electrons. The molecule has 1 amide bonds. The molecule has 2 aromatic rings. The molecule has 1 saturated carbocycles. The third-order valence-electron chi connectivity index (χ3n) is 4.22. The zero-order valence-corrected chi connectivity index (χ0v) is 12.9. The van der Waals surface area contributed by atoms with Crippen LogP contribution in [0, 0.1) is 5.92 Å². The Hall–Kier alpha value is -1.55. The summed E-state index contributed by atoms with van der Waals surface area (Å²) in [7, 11) is 0. The van der Waals surface area contributed by atoms with Crippen molar-refractivity contribution in [1.82, 2.24) is 5.32 Å². The number of amides is 1. The van der Waals surface area contributed by atoms with Crippen molar-refractivity contribution in [2.75, 3.05) is 0 Å². The Morgan fingerprint density at radius 1 is 1.33 bits per heavy atom. The van der Waals surface area contributed by atoms with E-state index in [1.807, 2.05) is 12.1 Å². The predicted octanol–water partition coefficient (Wildman–Crippen LogP) is 4.32. The number of carbonyl (C=O) groups is 1. The summed E-state index contributed by atoms with van der Waals surface area (Å²) in [5, 5.41) is 5.34. The van der Waals surface area contributed by atoms with E-state index in [1.165, 1.54) is 30.6 Å². The van der Waals surface area contributed by atoms with E-state index in [-0.39, 0.29) is 11.9 Å². The first-order valence-electron chi connectivity index (χ1n) is 7.68. The first kappa shape index (κ1) is 14.4. The number of hydrogen-bond donors (Lipinski definition) is 1. The number of carbonyl (C=O) groups excluding carboxylic acids is 1. The monoisotopic (exact) mass is 303 g/mol. The van der Waals surface area contributed by atoms with Crippen molar-refractivity contribution >= 4 is 17.2 Å². The van der Waals surface area contributed by atoms with Crippen LogP contribution in [0.4, 0.5) is 0 Å². The zero-order valence-electron chi connectivity index (χ0n) is 12.1. The van der Waals surface area contributed by atoms with Crippen LogP contribution in [0.5, 0.6) is 0 Å². The lowest BCUT2D eigenvalue weighted by Crippen LogP contribution is -2.32. The van der Waals surface area contributed by atoms with E-state index >= 15 is 0 Å². The Balaban J connectivity index is 1.59. The van der Waals surface area contributed by atoms with Crippen LogP contribution in [0.3, 0.4) is 0 Å². The second-order valence-electron chi connectivity index (χ2n) is 5.68. The fraction of sp³-hybridized carbons (Fsp3) is 0.471. The molecular formula is C17H21NO2S. The van der Waals surface area contributed by atoms with E-state index in [2.05, 4.69) is 22.8 Å². The Labute approximate surface area is 129 Å². The van der Waals surface area contributed by atoms with Gasteiger partial charge in [0, 0.05) is 17.7 Å². The van der Waals surface area contributed by atoms with Crippen molar-refractivity contribution in [2.24, 2.45) is 5.92 Å². The normalized spacial score (nSPS) is 17.0. The average Bonchev–Trinajstić information content (AvgIpc) is 3.26. The number of rotatable bonds is 6. The van der Waals surface area contributed by atoms with Crippen LogP contribution in [-0.2, 0) is 11.2 Å². The van der Waals surface area contributed by atoms with Gasteiger partial charge in [0.05, 0.1) is 12.3 Å².